The van der Waals surface area contributed by atoms with E-state index in [1.165, 1.54) is 11.1 Å². The first-order valence-corrected chi connectivity index (χ1v) is 8.79. The maximum Gasteiger partial charge on any atom is 0.256 e. The lowest BCUT2D eigenvalue weighted by Gasteiger charge is -2.07. The van der Waals surface area contributed by atoms with Crippen molar-refractivity contribution in [1.29, 1.82) is 0 Å². The Morgan fingerprint density at radius 3 is 2.50 bits per heavy atom. The Kier molecular flexibility index (Phi) is 7.62. The lowest BCUT2D eigenvalue weighted by Crippen LogP contribution is -2.12. The number of carbonyl (C=O) groups excluding carboxylic acids is 1. The van der Waals surface area contributed by atoms with Gasteiger partial charge in [0.1, 0.15) is 18.2 Å². The number of benzene rings is 1. The van der Waals surface area contributed by atoms with E-state index in [9.17, 15) is 4.79 Å². The SMILES string of the molecule is CC(C)=CCC/C(C)=C/COc1ccc(C(=O)Nc2ccccn2)cc1. The zero-order valence-corrected chi connectivity index (χ0v) is 15.7. The van der Waals surface area contributed by atoms with Crippen LogP contribution in [0.15, 0.2) is 72.0 Å². The molecule has 2 rings (SSSR count). The number of pyridine rings is 1. The molecule has 1 aromatic heterocycles. The molecule has 0 bridgehead atoms. The number of anilines is 1. The summed E-state index contributed by atoms with van der Waals surface area (Å²) >= 11 is 0. The molecule has 0 aliphatic carbocycles. The number of carbonyl (C=O) groups is 1. The van der Waals surface area contributed by atoms with Crippen LogP contribution in [0.25, 0.3) is 0 Å². The molecular formula is C22H26N2O2. The van der Waals surface area contributed by atoms with E-state index in [0.717, 1.165) is 18.6 Å². The van der Waals surface area contributed by atoms with Gasteiger partial charge >= 0.3 is 0 Å². The number of aromatic nitrogens is 1. The second kappa shape index (κ2) is 10.2. The van der Waals surface area contributed by atoms with Crippen molar-refractivity contribution < 1.29 is 9.53 Å². The van der Waals surface area contributed by atoms with Crippen LogP contribution in [-0.4, -0.2) is 17.5 Å². The minimum Gasteiger partial charge on any atom is -0.490 e. The lowest BCUT2D eigenvalue weighted by atomic mass is 10.1. The first kappa shape index (κ1) is 19.4. The summed E-state index contributed by atoms with van der Waals surface area (Å²) in [6.45, 7) is 6.87. The van der Waals surface area contributed by atoms with Crippen molar-refractivity contribution in [2.75, 3.05) is 11.9 Å². The lowest BCUT2D eigenvalue weighted by molar-refractivity contribution is 0.102. The van der Waals surface area contributed by atoms with Gasteiger partial charge in [0.2, 0.25) is 0 Å². The third-order valence-corrected chi connectivity index (χ3v) is 3.80. The van der Waals surface area contributed by atoms with Gasteiger partial charge in [0.05, 0.1) is 0 Å². The second-order valence-electron chi connectivity index (χ2n) is 6.38. The topological polar surface area (TPSA) is 51.2 Å². The van der Waals surface area contributed by atoms with Gasteiger partial charge in [0, 0.05) is 11.8 Å². The van der Waals surface area contributed by atoms with Gasteiger partial charge in [-0.15, -0.1) is 0 Å². The largest absolute Gasteiger partial charge is 0.490 e. The Hall–Kier alpha value is -2.88. The first-order chi connectivity index (χ1) is 12.5. The summed E-state index contributed by atoms with van der Waals surface area (Å²) in [5, 5.41) is 2.76. The minimum atomic E-state index is -0.190. The van der Waals surface area contributed by atoms with Crippen LogP contribution in [-0.2, 0) is 0 Å². The van der Waals surface area contributed by atoms with Gasteiger partial charge < -0.3 is 10.1 Å². The van der Waals surface area contributed by atoms with Gasteiger partial charge in [-0.2, -0.15) is 0 Å². The van der Waals surface area contributed by atoms with Crippen LogP contribution >= 0.6 is 0 Å². The number of rotatable bonds is 8. The fraction of sp³-hybridized carbons (Fsp3) is 0.273. The summed E-state index contributed by atoms with van der Waals surface area (Å²) in [7, 11) is 0. The maximum absolute atomic E-state index is 12.2. The van der Waals surface area contributed by atoms with E-state index in [1.54, 1.807) is 42.6 Å². The van der Waals surface area contributed by atoms with E-state index in [0.29, 0.717) is 18.0 Å². The van der Waals surface area contributed by atoms with Crippen LogP contribution in [0.3, 0.4) is 0 Å². The van der Waals surface area contributed by atoms with Crippen molar-refractivity contribution in [1.82, 2.24) is 4.98 Å². The Bertz CT molecular complexity index is 758. The normalized spacial score (nSPS) is 11.0. The highest BCUT2D eigenvalue weighted by Crippen LogP contribution is 2.14. The van der Waals surface area contributed by atoms with Crippen LogP contribution in [0.2, 0.25) is 0 Å². The third kappa shape index (κ3) is 6.93. The van der Waals surface area contributed by atoms with Crippen LogP contribution in [0.1, 0.15) is 44.0 Å². The maximum atomic E-state index is 12.2. The summed E-state index contributed by atoms with van der Waals surface area (Å²) in [6.07, 6.45) is 8.08. The molecule has 0 atom stereocenters. The third-order valence-electron chi connectivity index (χ3n) is 3.80. The van der Waals surface area contributed by atoms with Gasteiger partial charge in [-0.3, -0.25) is 4.79 Å². The van der Waals surface area contributed by atoms with Crippen LogP contribution in [0.5, 0.6) is 5.75 Å². The molecule has 1 aromatic carbocycles. The molecule has 136 valence electrons. The predicted molar refractivity (Wildman–Crippen MR) is 107 cm³/mol. The summed E-state index contributed by atoms with van der Waals surface area (Å²) in [4.78, 5) is 16.3. The number of nitrogens with zero attached hydrogens (tertiary/aromatic N) is 1. The smallest absolute Gasteiger partial charge is 0.256 e. The summed E-state index contributed by atoms with van der Waals surface area (Å²) in [6, 6.07) is 12.5. The standard InChI is InChI=1S/C22H26N2O2/c1-17(2)7-6-8-18(3)14-16-26-20-12-10-19(11-13-20)22(25)24-21-9-4-5-15-23-21/h4-5,7,9-15H,6,8,16H2,1-3H3,(H,23,24,25)/b18-14+. The Morgan fingerprint density at radius 1 is 1.08 bits per heavy atom. The van der Waals surface area contributed by atoms with E-state index in [1.807, 2.05) is 6.07 Å². The summed E-state index contributed by atoms with van der Waals surface area (Å²) < 4.78 is 5.72. The molecule has 0 saturated carbocycles. The number of nitrogens with one attached hydrogen (secondary N) is 1. The number of hydrogen-bond donors (Lipinski definition) is 1. The minimum absolute atomic E-state index is 0.190. The molecule has 0 spiro atoms. The summed E-state index contributed by atoms with van der Waals surface area (Å²) in [5.74, 6) is 1.09. The highest BCUT2D eigenvalue weighted by molar-refractivity contribution is 6.03. The fourth-order valence-electron chi connectivity index (χ4n) is 2.30. The Morgan fingerprint density at radius 2 is 1.85 bits per heavy atom. The highest BCUT2D eigenvalue weighted by atomic mass is 16.5. The molecule has 1 N–H and O–H groups in total. The van der Waals surface area contributed by atoms with E-state index in [-0.39, 0.29) is 5.91 Å². The van der Waals surface area contributed by atoms with Crippen molar-refractivity contribution in [3.8, 4) is 5.75 Å². The molecule has 1 heterocycles. The molecule has 2 aromatic rings. The van der Waals surface area contributed by atoms with Crippen LogP contribution in [0, 0.1) is 0 Å². The van der Waals surface area contributed by atoms with Crippen molar-refractivity contribution in [2.45, 2.75) is 33.6 Å². The zero-order valence-electron chi connectivity index (χ0n) is 15.7. The van der Waals surface area contributed by atoms with E-state index in [2.05, 4.69) is 43.2 Å². The molecular weight excluding hydrogens is 324 g/mol. The van der Waals surface area contributed by atoms with Crippen molar-refractivity contribution in [3.05, 3.63) is 77.5 Å². The van der Waals surface area contributed by atoms with Crippen LogP contribution < -0.4 is 10.1 Å². The van der Waals surface area contributed by atoms with E-state index >= 15 is 0 Å². The van der Waals surface area contributed by atoms with Crippen molar-refractivity contribution in [3.63, 3.8) is 0 Å². The Labute approximate surface area is 155 Å². The number of ether oxygens (including phenoxy) is 1. The number of hydrogen-bond acceptors (Lipinski definition) is 3. The van der Waals surface area contributed by atoms with Gasteiger partial charge in [-0.05, 0) is 76.1 Å². The van der Waals surface area contributed by atoms with E-state index in [4.69, 9.17) is 4.74 Å². The Balaban J connectivity index is 1.81. The molecule has 0 radical (unpaired) electrons. The summed E-state index contributed by atoms with van der Waals surface area (Å²) in [5.41, 5.74) is 3.23. The molecule has 26 heavy (non-hydrogen) atoms. The van der Waals surface area contributed by atoms with Crippen molar-refractivity contribution in [2.24, 2.45) is 0 Å². The molecule has 0 aliphatic heterocycles. The molecule has 1 amide bonds. The fourth-order valence-corrected chi connectivity index (χ4v) is 2.30. The average Bonchev–Trinajstić information content (AvgIpc) is 2.63. The molecule has 0 aliphatic rings. The molecule has 4 nitrogen and oxygen atoms in total. The average molecular weight is 350 g/mol. The molecule has 0 saturated heterocycles. The number of amides is 1. The van der Waals surface area contributed by atoms with Gasteiger partial charge in [-0.1, -0.05) is 23.3 Å². The van der Waals surface area contributed by atoms with E-state index < -0.39 is 0 Å². The van der Waals surface area contributed by atoms with Crippen LogP contribution in [0.4, 0.5) is 5.82 Å². The predicted octanol–water partition coefficient (Wildman–Crippen LogP) is 5.41. The molecule has 4 heteroatoms. The quantitative estimate of drug-likeness (QED) is 0.648. The number of allylic oxidation sites excluding steroid dienone is 3. The van der Waals surface area contributed by atoms with Crippen molar-refractivity contribution >= 4 is 11.7 Å². The zero-order chi connectivity index (χ0) is 18.8. The highest BCUT2D eigenvalue weighted by Gasteiger charge is 2.06. The second-order valence-corrected chi connectivity index (χ2v) is 6.38. The van der Waals surface area contributed by atoms with Gasteiger partial charge in [0.15, 0.2) is 0 Å². The van der Waals surface area contributed by atoms with Gasteiger partial charge in [0.25, 0.3) is 5.91 Å². The molecule has 0 fully saturated rings. The molecule has 0 unspecified atom stereocenters. The monoisotopic (exact) mass is 350 g/mol. The first-order valence-electron chi connectivity index (χ1n) is 8.79. The van der Waals surface area contributed by atoms with Gasteiger partial charge in [-0.25, -0.2) is 4.98 Å².